The Kier molecular flexibility index (Phi) is 4.18. The summed E-state index contributed by atoms with van der Waals surface area (Å²) in [5.74, 6) is 1.67. The molecule has 9 heteroatoms. The number of nitrogens with zero attached hydrogens (tertiary/aromatic N) is 5. The first-order valence-corrected chi connectivity index (χ1v) is 9.59. The summed E-state index contributed by atoms with van der Waals surface area (Å²) in [6.45, 7) is 1.69. The van der Waals surface area contributed by atoms with Crippen molar-refractivity contribution in [2.45, 2.75) is 24.9 Å². The first-order chi connectivity index (χ1) is 13.1. The zero-order valence-corrected chi connectivity index (χ0v) is 15.8. The van der Waals surface area contributed by atoms with Crippen LogP contribution in [0.3, 0.4) is 0 Å². The summed E-state index contributed by atoms with van der Waals surface area (Å²) >= 11 is 12.1. The van der Waals surface area contributed by atoms with Crippen LogP contribution in [0.25, 0.3) is 5.65 Å². The summed E-state index contributed by atoms with van der Waals surface area (Å²) < 4.78 is 21.6. The molecule has 0 N–H and O–H groups in total. The summed E-state index contributed by atoms with van der Waals surface area (Å²) in [4.78, 5) is 2.10. The number of rotatable bonds is 3. The van der Waals surface area contributed by atoms with Crippen LogP contribution in [0, 0.1) is 5.82 Å². The number of aromatic nitrogens is 4. The number of anilines is 1. The number of hydrogen-bond donors (Lipinski definition) is 0. The minimum Gasteiger partial charge on any atom is -0.370 e. The fourth-order valence-corrected chi connectivity index (χ4v) is 3.90. The molecule has 2 aliphatic rings. The number of halogens is 3. The predicted octanol–water partition coefficient (Wildman–Crippen LogP) is 4.03. The number of ether oxygens (including phenoxy) is 1. The molecule has 1 aliphatic carbocycles. The van der Waals surface area contributed by atoms with Gasteiger partial charge in [-0.25, -0.2) is 4.39 Å². The van der Waals surface area contributed by atoms with Crippen molar-refractivity contribution in [3.8, 4) is 0 Å². The van der Waals surface area contributed by atoms with Gasteiger partial charge >= 0.3 is 0 Å². The van der Waals surface area contributed by atoms with Crippen LogP contribution >= 0.6 is 23.2 Å². The largest absolute Gasteiger partial charge is 0.370 e. The highest BCUT2D eigenvalue weighted by atomic mass is 35.5. The third-order valence-corrected chi connectivity index (χ3v) is 5.61. The van der Waals surface area contributed by atoms with Crippen molar-refractivity contribution in [1.82, 2.24) is 19.8 Å². The summed E-state index contributed by atoms with van der Waals surface area (Å²) in [6, 6.07) is 6.60. The lowest BCUT2D eigenvalue weighted by Gasteiger charge is -2.34. The first-order valence-electron chi connectivity index (χ1n) is 8.83. The van der Waals surface area contributed by atoms with E-state index in [2.05, 4.69) is 15.1 Å². The lowest BCUT2D eigenvalue weighted by molar-refractivity contribution is 0.0393. The average Bonchev–Trinajstić information content (AvgIpc) is 3.43. The fraction of sp³-hybridized carbons (Fsp3) is 0.389. The Labute approximate surface area is 164 Å². The summed E-state index contributed by atoms with van der Waals surface area (Å²) in [7, 11) is 0. The SMILES string of the molecule is Fc1cc(C2CN(c3ccc4nnc(C5CC5)n4n3)CCO2)c(Cl)cc1Cl. The van der Waals surface area contributed by atoms with Crippen molar-refractivity contribution in [3.05, 3.63) is 51.5 Å². The lowest BCUT2D eigenvalue weighted by atomic mass is 10.1. The van der Waals surface area contributed by atoms with Gasteiger partial charge in [0.1, 0.15) is 17.7 Å². The molecule has 1 saturated carbocycles. The maximum Gasteiger partial charge on any atom is 0.178 e. The van der Waals surface area contributed by atoms with Gasteiger partial charge in [-0.3, -0.25) is 0 Å². The standard InChI is InChI=1S/C18H16Cl2FN5O/c19-12-8-13(20)14(21)7-11(12)15-9-25(5-6-27-15)17-4-3-16-22-23-18(10-1-2-10)26(16)24-17/h3-4,7-8,10,15H,1-2,5-6,9H2. The number of hydrogen-bond acceptors (Lipinski definition) is 5. The maximum atomic E-state index is 13.9. The average molecular weight is 408 g/mol. The topological polar surface area (TPSA) is 55.6 Å². The minimum absolute atomic E-state index is 0.00347. The van der Waals surface area contributed by atoms with Crippen molar-refractivity contribution < 1.29 is 9.13 Å². The Morgan fingerprint density at radius 2 is 1.96 bits per heavy atom. The molecule has 2 aromatic heterocycles. The molecule has 3 heterocycles. The van der Waals surface area contributed by atoms with E-state index >= 15 is 0 Å². The van der Waals surface area contributed by atoms with Crippen LogP contribution in [0.2, 0.25) is 10.0 Å². The van der Waals surface area contributed by atoms with Crippen molar-refractivity contribution in [1.29, 1.82) is 0 Å². The highest BCUT2D eigenvalue weighted by molar-refractivity contribution is 6.35. The Morgan fingerprint density at radius 3 is 2.78 bits per heavy atom. The second kappa shape index (κ2) is 6.58. The normalized spacial score (nSPS) is 20.4. The molecule has 1 unspecified atom stereocenters. The van der Waals surface area contributed by atoms with Crippen molar-refractivity contribution in [3.63, 3.8) is 0 Å². The van der Waals surface area contributed by atoms with Crippen LogP contribution in [0.15, 0.2) is 24.3 Å². The molecule has 0 amide bonds. The molecule has 0 radical (unpaired) electrons. The second-order valence-corrected chi connectivity index (χ2v) is 7.70. The van der Waals surface area contributed by atoms with E-state index in [1.807, 2.05) is 16.6 Å². The molecular weight excluding hydrogens is 392 g/mol. The fourth-order valence-electron chi connectivity index (χ4n) is 3.39. The third-order valence-electron chi connectivity index (χ3n) is 4.99. The molecule has 27 heavy (non-hydrogen) atoms. The van der Waals surface area contributed by atoms with Crippen LogP contribution in [-0.4, -0.2) is 39.5 Å². The van der Waals surface area contributed by atoms with Gasteiger partial charge in [-0.1, -0.05) is 23.2 Å². The predicted molar refractivity (Wildman–Crippen MR) is 100 cm³/mol. The van der Waals surface area contributed by atoms with Gasteiger partial charge in [-0.2, -0.15) is 4.52 Å². The Hall–Kier alpha value is -1.96. The Balaban J connectivity index is 1.45. The molecular formula is C18H16Cl2FN5O. The van der Waals surface area contributed by atoms with E-state index in [-0.39, 0.29) is 11.1 Å². The summed E-state index contributed by atoms with van der Waals surface area (Å²) in [5, 5.41) is 13.6. The van der Waals surface area contributed by atoms with Crippen LogP contribution in [0.1, 0.15) is 36.3 Å². The smallest absolute Gasteiger partial charge is 0.178 e. The highest BCUT2D eigenvalue weighted by Crippen LogP contribution is 2.39. The molecule has 1 saturated heterocycles. The first kappa shape index (κ1) is 17.2. The van der Waals surface area contributed by atoms with E-state index in [9.17, 15) is 4.39 Å². The number of morpholine rings is 1. The Bertz CT molecular complexity index is 1020. The lowest BCUT2D eigenvalue weighted by Crippen LogP contribution is -2.39. The van der Waals surface area contributed by atoms with E-state index < -0.39 is 5.82 Å². The van der Waals surface area contributed by atoms with Crippen molar-refractivity contribution >= 4 is 34.7 Å². The minimum atomic E-state index is -0.505. The van der Waals surface area contributed by atoms with E-state index in [0.29, 0.717) is 36.2 Å². The van der Waals surface area contributed by atoms with Crippen LogP contribution in [0.5, 0.6) is 0 Å². The number of benzene rings is 1. The van der Waals surface area contributed by atoms with E-state index in [0.717, 1.165) is 30.1 Å². The quantitative estimate of drug-likeness (QED) is 0.613. The van der Waals surface area contributed by atoms with Gasteiger partial charge in [-0.15, -0.1) is 15.3 Å². The summed E-state index contributed by atoms with van der Waals surface area (Å²) in [6.07, 6.45) is 1.90. The van der Waals surface area contributed by atoms with E-state index in [1.165, 1.54) is 12.1 Å². The van der Waals surface area contributed by atoms with Gasteiger partial charge in [0, 0.05) is 29.6 Å². The molecule has 6 nitrogen and oxygen atoms in total. The van der Waals surface area contributed by atoms with E-state index in [4.69, 9.17) is 33.0 Å². The third kappa shape index (κ3) is 3.13. The molecule has 140 valence electrons. The van der Waals surface area contributed by atoms with Gasteiger partial charge in [0.2, 0.25) is 0 Å². The molecule has 0 bridgehead atoms. The van der Waals surface area contributed by atoms with Gasteiger partial charge in [0.15, 0.2) is 11.5 Å². The van der Waals surface area contributed by atoms with Gasteiger partial charge in [0.05, 0.1) is 11.6 Å². The van der Waals surface area contributed by atoms with Crippen molar-refractivity contribution in [2.75, 3.05) is 24.6 Å². The maximum absolute atomic E-state index is 13.9. The molecule has 5 rings (SSSR count). The summed E-state index contributed by atoms with van der Waals surface area (Å²) in [5.41, 5.74) is 1.33. The molecule has 0 spiro atoms. The molecule has 1 aliphatic heterocycles. The van der Waals surface area contributed by atoms with Crippen LogP contribution in [0.4, 0.5) is 10.2 Å². The van der Waals surface area contributed by atoms with Crippen molar-refractivity contribution in [2.24, 2.45) is 0 Å². The van der Waals surface area contributed by atoms with Crippen LogP contribution in [-0.2, 0) is 4.74 Å². The molecule has 3 aromatic rings. The monoisotopic (exact) mass is 407 g/mol. The second-order valence-electron chi connectivity index (χ2n) is 6.89. The van der Waals surface area contributed by atoms with E-state index in [1.54, 1.807) is 0 Å². The molecule has 2 fully saturated rings. The van der Waals surface area contributed by atoms with Gasteiger partial charge in [0.25, 0.3) is 0 Å². The zero-order chi connectivity index (χ0) is 18.5. The Morgan fingerprint density at radius 1 is 1.11 bits per heavy atom. The van der Waals surface area contributed by atoms with Crippen LogP contribution < -0.4 is 4.90 Å². The number of fused-ring (bicyclic) bond motifs is 1. The van der Waals surface area contributed by atoms with Gasteiger partial charge < -0.3 is 9.64 Å². The van der Waals surface area contributed by atoms with Gasteiger partial charge in [-0.05, 0) is 37.1 Å². The zero-order valence-electron chi connectivity index (χ0n) is 14.3. The molecule has 1 aromatic carbocycles. The highest BCUT2D eigenvalue weighted by Gasteiger charge is 2.30. The molecule has 1 atom stereocenters.